The van der Waals surface area contributed by atoms with Crippen LogP contribution < -0.4 is 10.6 Å². The van der Waals surface area contributed by atoms with Crippen LogP contribution in [-0.4, -0.2) is 43.0 Å². The lowest BCUT2D eigenvalue weighted by molar-refractivity contribution is 0.0638. The van der Waals surface area contributed by atoms with Gasteiger partial charge in [0.05, 0.1) is 11.1 Å². The average molecular weight is 371 g/mol. The van der Waals surface area contributed by atoms with Crippen molar-refractivity contribution in [1.82, 2.24) is 4.90 Å². The maximum absolute atomic E-state index is 12.9. The molecule has 27 heavy (non-hydrogen) atoms. The van der Waals surface area contributed by atoms with E-state index in [2.05, 4.69) is 10.6 Å². The van der Waals surface area contributed by atoms with Gasteiger partial charge in [0.1, 0.15) is 5.82 Å². The summed E-state index contributed by atoms with van der Waals surface area (Å²) in [6.45, 7) is 0.720. The molecule has 0 unspecified atom stereocenters. The number of nitrogens with one attached hydrogen (secondary N) is 2. The van der Waals surface area contributed by atoms with E-state index in [1.807, 2.05) is 0 Å². The number of carbonyl (C=O) groups is 3. The number of anilines is 2. The van der Waals surface area contributed by atoms with Gasteiger partial charge >= 0.3 is 6.03 Å². The first-order valence-electron chi connectivity index (χ1n) is 8.32. The molecular weight excluding hydrogens is 353 g/mol. The molecule has 0 atom stereocenters. The van der Waals surface area contributed by atoms with Gasteiger partial charge in [0.2, 0.25) is 0 Å². The zero-order valence-electron chi connectivity index (χ0n) is 14.6. The molecule has 1 heterocycles. The molecule has 7 nitrogen and oxygen atoms in total. The topological polar surface area (TPSA) is 87.7 Å². The lowest BCUT2D eigenvalue weighted by Gasteiger charge is -2.12. The average Bonchev–Trinajstić information content (AvgIpc) is 2.88. The quantitative estimate of drug-likeness (QED) is 0.603. The van der Waals surface area contributed by atoms with Crippen molar-refractivity contribution in [3.63, 3.8) is 0 Å². The molecule has 0 saturated heterocycles. The van der Waals surface area contributed by atoms with E-state index < -0.39 is 17.8 Å². The largest absolute Gasteiger partial charge is 0.385 e. The van der Waals surface area contributed by atoms with Gasteiger partial charge in [0, 0.05) is 31.6 Å². The minimum atomic E-state index is -0.546. The van der Waals surface area contributed by atoms with Crippen LogP contribution in [0.2, 0.25) is 0 Å². The van der Waals surface area contributed by atoms with E-state index in [0.717, 1.165) is 0 Å². The number of benzene rings is 2. The highest BCUT2D eigenvalue weighted by atomic mass is 19.1. The van der Waals surface area contributed by atoms with E-state index in [1.54, 1.807) is 13.2 Å². The number of hydrogen-bond donors (Lipinski definition) is 2. The number of fused-ring (bicyclic) bond motifs is 1. The standard InChI is InChI=1S/C19H18FN3O4/c1-27-10-2-9-23-17(24)15-8-7-14(11-16(15)18(23)25)22-19(26)21-13-5-3-12(20)4-6-13/h3-8,11H,2,9-10H2,1H3,(H2,21,22,26). The van der Waals surface area contributed by atoms with Gasteiger partial charge in [-0.2, -0.15) is 0 Å². The zero-order chi connectivity index (χ0) is 19.4. The van der Waals surface area contributed by atoms with Crippen LogP contribution in [0.4, 0.5) is 20.6 Å². The van der Waals surface area contributed by atoms with Crippen molar-refractivity contribution in [2.45, 2.75) is 6.42 Å². The molecule has 0 spiro atoms. The number of methoxy groups -OCH3 is 1. The predicted octanol–water partition coefficient (Wildman–Crippen LogP) is 3.10. The van der Waals surface area contributed by atoms with Gasteiger partial charge in [-0.25, -0.2) is 9.18 Å². The highest BCUT2D eigenvalue weighted by Gasteiger charge is 2.35. The predicted molar refractivity (Wildman–Crippen MR) is 97.3 cm³/mol. The van der Waals surface area contributed by atoms with Crippen molar-refractivity contribution in [1.29, 1.82) is 0 Å². The fraction of sp³-hybridized carbons (Fsp3) is 0.211. The third kappa shape index (κ3) is 4.12. The third-order valence-corrected chi connectivity index (χ3v) is 4.06. The zero-order valence-corrected chi connectivity index (χ0v) is 14.6. The van der Waals surface area contributed by atoms with E-state index in [0.29, 0.717) is 30.0 Å². The fourth-order valence-electron chi connectivity index (χ4n) is 2.77. The summed E-state index contributed by atoms with van der Waals surface area (Å²) in [5.41, 5.74) is 1.35. The Balaban J connectivity index is 1.68. The molecule has 2 aromatic carbocycles. The number of halogens is 1. The Morgan fingerprint density at radius 1 is 1.00 bits per heavy atom. The molecule has 0 aliphatic carbocycles. The van der Waals surface area contributed by atoms with E-state index in [4.69, 9.17) is 4.74 Å². The van der Waals surface area contributed by atoms with E-state index in [1.165, 1.54) is 41.3 Å². The van der Waals surface area contributed by atoms with Gasteiger partial charge in [-0.1, -0.05) is 0 Å². The van der Waals surface area contributed by atoms with Crippen LogP contribution in [0.5, 0.6) is 0 Å². The number of rotatable bonds is 6. The summed E-state index contributed by atoms with van der Waals surface area (Å²) in [5.74, 6) is -1.15. The summed E-state index contributed by atoms with van der Waals surface area (Å²) >= 11 is 0. The number of amides is 4. The molecule has 0 saturated carbocycles. The molecule has 1 aliphatic heterocycles. The number of nitrogens with zero attached hydrogens (tertiary/aromatic N) is 1. The SMILES string of the molecule is COCCCN1C(=O)c2ccc(NC(=O)Nc3ccc(F)cc3)cc2C1=O. The summed E-state index contributed by atoms with van der Waals surface area (Å²) in [4.78, 5) is 38.0. The van der Waals surface area contributed by atoms with Crippen molar-refractivity contribution in [2.75, 3.05) is 30.9 Å². The van der Waals surface area contributed by atoms with Gasteiger partial charge in [0.25, 0.3) is 11.8 Å². The Bertz CT molecular complexity index is 883. The second-order valence-corrected chi connectivity index (χ2v) is 5.95. The first-order chi connectivity index (χ1) is 13.0. The number of carbonyl (C=O) groups excluding carboxylic acids is 3. The van der Waals surface area contributed by atoms with Crippen LogP contribution in [0, 0.1) is 5.82 Å². The van der Waals surface area contributed by atoms with Crippen molar-refractivity contribution in [3.8, 4) is 0 Å². The van der Waals surface area contributed by atoms with Gasteiger partial charge in [-0.15, -0.1) is 0 Å². The Labute approximate surface area is 155 Å². The molecule has 0 fully saturated rings. The van der Waals surface area contributed by atoms with Gasteiger partial charge < -0.3 is 15.4 Å². The Morgan fingerprint density at radius 2 is 1.63 bits per heavy atom. The molecule has 2 N–H and O–H groups in total. The molecule has 0 bridgehead atoms. The van der Waals surface area contributed by atoms with Crippen molar-refractivity contribution < 1.29 is 23.5 Å². The first kappa shape index (κ1) is 18.5. The second-order valence-electron chi connectivity index (χ2n) is 5.95. The monoisotopic (exact) mass is 371 g/mol. The molecule has 3 rings (SSSR count). The van der Waals surface area contributed by atoms with E-state index >= 15 is 0 Å². The van der Waals surface area contributed by atoms with Gasteiger partial charge in [0.15, 0.2) is 0 Å². The summed E-state index contributed by atoms with van der Waals surface area (Å²) in [6.07, 6.45) is 0.549. The van der Waals surface area contributed by atoms with Crippen LogP contribution in [-0.2, 0) is 4.74 Å². The maximum atomic E-state index is 12.9. The van der Waals surface area contributed by atoms with Crippen LogP contribution in [0.25, 0.3) is 0 Å². The van der Waals surface area contributed by atoms with Crippen LogP contribution in [0.3, 0.4) is 0 Å². The number of hydrogen-bond acceptors (Lipinski definition) is 4. The molecule has 4 amide bonds. The Kier molecular flexibility index (Phi) is 5.46. The number of imide groups is 1. The summed E-state index contributed by atoms with van der Waals surface area (Å²) in [6, 6.07) is 9.30. The Morgan fingerprint density at radius 3 is 2.33 bits per heavy atom. The fourth-order valence-corrected chi connectivity index (χ4v) is 2.77. The van der Waals surface area contributed by atoms with E-state index in [-0.39, 0.29) is 18.0 Å². The summed E-state index contributed by atoms with van der Waals surface area (Å²) in [7, 11) is 1.55. The highest BCUT2D eigenvalue weighted by Crippen LogP contribution is 2.26. The lowest BCUT2D eigenvalue weighted by Crippen LogP contribution is -2.31. The summed E-state index contributed by atoms with van der Waals surface area (Å²) < 4.78 is 17.8. The smallest absolute Gasteiger partial charge is 0.323 e. The second kappa shape index (κ2) is 7.96. The molecular formula is C19H18FN3O4. The maximum Gasteiger partial charge on any atom is 0.323 e. The molecule has 1 aliphatic rings. The van der Waals surface area contributed by atoms with E-state index in [9.17, 15) is 18.8 Å². The van der Waals surface area contributed by atoms with Crippen molar-refractivity contribution in [2.24, 2.45) is 0 Å². The van der Waals surface area contributed by atoms with Crippen LogP contribution in [0.1, 0.15) is 27.1 Å². The van der Waals surface area contributed by atoms with Crippen molar-refractivity contribution >= 4 is 29.2 Å². The minimum Gasteiger partial charge on any atom is -0.385 e. The van der Waals surface area contributed by atoms with Crippen LogP contribution in [0.15, 0.2) is 42.5 Å². The Hall–Kier alpha value is -3.26. The van der Waals surface area contributed by atoms with Gasteiger partial charge in [-0.05, 0) is 48.9 Å². The normalized spacial score (nSPS) is 12.9. The summed E-state index contributed by atoms with van der Waals surface area (Å²) in [5, 5.41) is 5.15. The lowest BCUT2D eigenvalue weighted by atomic mass is 10.1. The van der Waals surface area contributed by atoms with Crippen molar-refractivity contribution in [3.05, 3.63) is 59.4 Å². The molecule has 0 radical (unpaired) electrons. The number of urea groups is 1. The third-order valence-electron chi connectivity index (χ3n) is 4.06. The highest BCUT2D eigenvalue weighted by molar-refractivity contribution is 6.22. The number of ether oxygens (including phenoxy) is 1. The van der Waals surface area contributed by atoms with Crippen LogP contribution >= 0.6 is 0 Å². The first-order valence-corrected chi connectivity index (χ1v) is 8.32. The van der Waals surface area contributed by atoms with Gasteiger partial charge in [-0.3, -0.25) is 14.5 Å². The molecule has 2 aromatic rings. The minimum absolute atomic E-state index is 0.247. The molecule has 0 aromatic heterocycles. The molecule has 140 valence electrons. The molecule has 8 heteroatoms.